The molecule has 0 atom stereocenters. The number of hydrogen-bond donors (Lipinski definition) is 1. The zero-order valence-corrected chi connectivity index (χ0v) is 25.5. The molecule has 1 N–H and O–H groups in total. The number of carbonyl (C=O) groups is 1. The molecule has 1 aliphatic rings. The highest BCUT2D eigenvalue weighted by Gasteiger charge is 2.39. The average Bonchev–Trinajstić information content (AvgIpc) is 3.74. The molecule has 1 aliphatic heterocycles. The molecule has 4 aromatic heterocycles. The molecule has 0 radical (unpaired) electrons. The van der Waals surface area contributed by atoms with Crippen molar-refractivity contribution in [2.75, 3.05) is 27.3 Å². The van der Waals surface area contributed by atoms with E-state index in [4.69, 9.17) is 23.4 Å². The van der Waals surface area contributed by atoms with Gasteiger partial charge in [0.05, 0.1) is 31.5 Å². The summed E-state index contributed by atoms with van der Waals surface area (Å²) in [6.07, 6.45) is 2.09. The molecule has 0 unspecified atom stereocenters. The normalized spacial score (nSPS) is 15.3. The smallest absolute Gasteiger partial charge is 0.410 e. The summed E-state index contributed by atoms with van der Waals surface area (Å²) >= 11 is 2.72. The fourth-order valence-electron chi connectivity index (χ4n) is 4.71. The number of furan rings is 1. The Balaban J connectivity index is 1.18. The molecule has 6 rings (SSSR count). The Bertz CT molecular complexity index is 1740. The van der Waals surface area contributed by atoms with Gasteiger partial charge >= 0.3 is 6.09 Å². The van der Waals surface area contributed by atoms with E-state index in [0.29, 0.717) is 75.3 Å². The Kier molecular flexibility index (Phi) is 7.23. The first-order valence-electron chi connectivity index (χ1n) is 13.3. The standard InChI is InChI=1S/C28H31N5O7S2/c1-27(2,3)40-26(34)32-8-6-28(35,7-9-32)23-30-16(15-41-23)14-38-20-10-17(36-4)11-21-18(20)12-22(39-21)19-13-29-24-33(19)31-25(37-5)42-24/h10-13,15,35H,6-9,14H2,1-5H3. The van der Waals surface area contributed by atoms with Crippen molar-refractivity contribution in [3.63, 3.8) is 0 Å². The second-order valence-corrected chi connectivity index (χ2v) is 12.8. The van der Waals surface area contributed by atoms with Crippen molar-refractivity contribution in [3.8, 4) is 28.1 Å². The number of nitrogens with zero attached hydrogens (tertiary/aromatic N) is 5. The molecule has 5 aromatic rings. The van der Waals surface area contributed by atoms with Crippen molar-refractivity contribution < 1.29 is 33.3 Å². The van der Waals surface area contributed by atoms with Crippen molar-refractivity contribution >= 4 is 44.7 Å². The number of piperidine rings is 1. The van der Waals surface area contributed by atoms with Gasteiger partial charge in [0.2, 0.25) is 4.96 Å². The van der Waals surface area contributed by atoms with Crippen LogP contribution in [0.15, 0.2) is 34.2 Å². The van der Waals surface area contributed by atoms with E-state index < -0.39 is 11.2 Å². The third-order valence-electron chi connectivity index (χ3n) is 6.87. The van der Waals surface area contributed by atoms with Crippen LogP contribution in [0.3, 0.4) is 0 Å². The van der Waals surface area contributed by atoms with Crippen LogP contribution in [-0.4, -0.2) is 68.6 Å². The molecule has 0 aliphatic carbocycles. The molecule has 1 amide bonds. The third-order valence-corrected chi connectivity index (χ3v) is 8.84. The molecular weight excluding hydrogens is 582 g/mol. The number of thiazole rings is 1. The number of hydrogen-bond acceptors (Lipinski definition) is 12. The van der Waals surface area contributed by atoms with Gasteiger partial charge in [0.15, 0.2) is 5.76 Å². The van der Waals surface area contributed by atoms with E-state index in [1.54, 1.807) is 42.0 Å². The molecule has 42 heavy (non-hydrogen) atoms. The molecule has 0 saturated carbocycles. The molecule has 12 nitrogen and oxygen atoms in total. The first-order valence-corrected chi connectivity index (χ1v) is 15.0. The van der Waals surface area contributed by atoms with Crippen LogP contribution in [0, 0.1) is 0 Å². The minimum atomic E-state index is -1.11. The molecule has 1 aromatic carbocycles. The quantitative estimate of drug-likeness (QED) is 0.252. The van der Waals surface area contributed by atoms with E-state index in [2.05, 4.69) is 15.1 Å². The number of carbonyl (C=O) groups excluding carboxylic acids is 1. The van der Waals surface area contributed by atoms with Gasteiger partial charge in [-0.25, -0.2) is 14.8 Å². The van der Waals surface area contributed by atoms with Crippen LogP contribution in [0.2, 0.25) is 0 Å². The maximum Gasteiger partial charge on any atom is 0.410 e. The number of amides is 1. The van der Waals surface area contributed by atoms with E-state index in [1.165, 1.54) is 22.7 Å². The SMILES string of the molecule is COc1cc(OCc2csc(C3(O)CCN(C(=O)OC(C)(C)C)CC3)n2)c2cc(-c3cnc4sc(OC)nn34)oc2c1. The molecule has 1 fully saturated rings. The summed E-state index contributed by atoms with van der Waals surface area (Å²) in [6.45, 7) is 6.47. The van der Waals surface area contributed by atoms with Crippen molar-refractivity contribution in [2.45, 2.75) is 51.4 Å². The summed E-state index contributed by atoms with van der Waals surface area (Å²) in [6, 6.07) is 5.48. The van der Waals surface area contributed by atoms with Gasteiger partial charge in [-0.1, -0.05) is 0 Å². The van der Waals surface area contributed by atoms with E-state index in [1.807, 2.05) is 32.2 Å². The van der Waals surface area contributed by atoms with Crippen molar-refractivity contribution in [1.82, 2.24) is 24.5 Å². The fourth-order valence-corrected chi connectivity index (χ4v) is 6.37. The number of aromatic nitrogens is 4. The number of imidazole rings is 1. The molecule has 1 saturated heterocycles. The number of methoxy groups -OCH3 is 2. The minimum Gasteiger partial charge on any atom is -0.496 e. The summed E-state index contributed by atoms with van der Waals surface area (Å²) in [5.74, 6) is 1.71. The second-order valence-electron chi connectivity index (χ2n) is 11.0. The van der Waals surface area contributed by atoms with E-state index >= 15 is 0 Å². The van der Waals surface area contributed by atoms with Gasteiger partial charge in [-0.15, -0.1) is 16.4 Å². The van der Waals surface area contributed by atoms with Gasteiger partial charge in [0, 0.05) is 43.4 Å². The van der Waals surface area contributed by atoms with Crippen LogP contribution in [-0.2, 0) is 16.9 Å². The fraction of sp³-hybridized carbons (Fsp3) is 0.429. The van der Waals surface area contributed by atoms with Gasteiger partial charge in [-0.2, -0.15) is 4.52 Å². The predicted octanol–water partition coefficient (Wildman–Crippen LogP) is 5.48. The number of aliphatic hydroxyl groups is 1. The van der Waals surface area contributed by atoms with Gasteiger partial charge in [0.1, 0.15) is 45.6 Å². The lowest BCUT2D eigenvalue weighted by Crippen LogP contribution is -2.46. The Hall–Kier alpha value is -3.88. The van der Waals surface area contributed by atoms with Crippen molar-refractivity contribution in [3.05, 3.63) is 40.5 Å². The molecule has 14 heteroatoms. The molecule has 0 spiro atoms. The summed E-state index contributed by atoms with van der Waals surface area (Å²) in [5.41, 5.74) is 0.272. The Morgan fingerprint density at radius 2 is 1.95 bits per heavy atom. The number of fused-ring (bicyclic) bond motifs is 2. The first kappa shape index (κ1) is 28.2. The highest BCUT2D eigenvalue weighted by atomic mass is 32.1. The second kappa shape index (κ2) is 10.7. The zero-order chi connectivity index (χ0) is 29.6. The van der Waals surface area contributed by atoms with Crippen LogP contribution < -0.4 is 14.2 Å². The summed E-state index contributed by atoms with van der Waals surface area (Å²) in [7, 11) is 3.15. The topological polar surface area (TPSA) is 134 Å². The molecular formula is C28H31N5O7S2. The number of benzene rings is 1. The average molecular weight is 614 g/mol. The largest absolute Gasteiger partial charge is 0.496 e. The lowest BCUT2D eigenvalue weighted by atomic mass is 9.92. The van der Waals surface area contributed by atoms with Crippen LogP contribution >= 0.6 is 22.7 Å². The van der Waals surface area contributed by atoms with Gasteiger partial charge in [-0.3, -0.25) is 0 Å². The summed E-state index contributed by atoms with van der Waals surface area (Å²) < 4.78 is 30.3. The summed E-state index contributed by atoms with van der Waals surface area (Å²) in [5, 5.41) is 19.5. The maximum atomic E-state index is 12.4. The molecule has 5 heterocycles. The molecule has 0 bridgehead atoms. The Labute approximate surface area is 249 Å². The lowest BCUT2D eigenvalue weighted by molar-refractivity contribution is -0.0358. The van der Waals surface area contributed by atoms with Crippen molar-refractivity contribution in [1.29, 1.82) is 0 Å². The van der Waals surface area contributed by atoms with E-state index in [0.717, 1.165) is 5.39 Å². The minimum absolute atomic E-state index is 0.180. The lowest BCUT2D eigenvalue weighted by Gasteiger charge is -2.37. The number of ether oxygens (including phenoxy) is 4. The van der Waals surface area contributed by atoms with Gasteiger partial charge < -0.3 is 33.4 Å². The summed E-state index contributed by atoms with van der Waals surface area (Å²) in [4.78, 5) is 23.8. The number of likely N-dealkylation sites (tertiary alicyclic amines) is 1. The highest BCUT2D eigenvalue weighted by molar-refractivity contribution is 7.18. The predicted molar refractivity (Wildman–Crippen MR) is 157 cm³/mol. The first-order chi connectivity index (χ1) is 20.0. The number of rotatable bonds is 7. The monoisotopic (exact) mass is 613 g/mol. The Morgan fingerprint density at radius 3 is 2.67 bits per heavy atom. The molecule has 222 valence electrons. The maximum absolute atomic E-state index is 12.4. The Morgan fingerprint density at radius 1 is 1.17 bits per heavy atom. The van der Waals surface area contributed by atoms with E-state index in [-0.39, 0.29) is 12.7 Å². The van der Waals surface area contributed by atoms with Gasteiger partial charge in [-0.05, 0) is 38.2 Å². The van der Waals surface area contributed by atoms with Crippen LogP contribution in [0.5, 0.6) is 16.7 Å². The highest BCUT2D eigenvalue weighted by Crippen LogP contribution is 2.39. The van der Waals surface area contributed by atoms with E-state index in [9.17, 15) is 9.90 Å². The van der Waals surface area contributed by atoms with Crippen LogP contribution in [0.25, 0.3) is 27.4 Å². The van der Waals surface area contributed by atoms with Crippen molar-refractivity contribution in [2.24, 2.45) is 0 Å². The van der Waals surface area contributed by atoms with Gasteiger partial charge in [0.25, 0.3) is 5.19 Å². The zero-order valence-electron chi connectivity index (χ0n) is 23.9. The van der Waals surface area contributed by atoms with Crippen LogP contribution in [0.1, 0.15) is 44.3 Å². The third kappa shape index (κ3) is 5.49. The van der Waals surface area contributed by atoms with Crippen LogP contribution in [0.4, 0.5) is 4.79 Å².